The monoisotopic (exact) mass is 215 g/mol. The molecule has 4 heteroatoms. The Morgan fingerprint density at radius 3 is 2.50 bits per heavy atom. The van der Waals surface area contributed by atoms with Gasteiger partial charge in [0, 0.05) is 5.56 Å². The van der Waals surface area contributed by atoms with Gasteiger partial charge in [-0.1, -0.05) is 29.8 Å². The first-order valence-corrected chi connectivity index (χ1v) is 4.94. The Balaban J connectivity index is 2.44. The lowest BCUT2D eigenvalue weighted by atomic mass is 10.1. The number of hydrogen-bond donors (Lipinski definition) is 1. The molecule has 2 N–H and O–H groups in total. The van der Waals surface area contributed by atoms with E-state index < -0.39 is 0 Å². The van der Waals surface area contributed by atoms with Gasteiger partial charge in [0.25, 0.3) is 0 Å². The average molecular weight is 215 g/mol. The van der Waals surface area contributed by atoms with E-state index in [2.05, 4.69) is 9.97 Å². The van der Waals surface area contributed by atoms with Crippen molar-refractivity contribution in [2.45, 2.75) is 6.92 Å². The van der Waals surface area contributed by atoms with Crippen LogP contribution in [0.5, 0.6) is 5.88 Å². The van der Waals surface area contributed by atoms with Crippen LogP contribution in [0.4, 0.5) is 5.69 Å². The molecule has 0 amide bonds. The van der Waals surface area contributed by atoms with Crippen molar-refractivity contribution in [3.05, 3.63) is 36.0 Å². The van der Waals surface area contributed by atoms with Crippen molar-refractivity contribution >= 4 is 5.69 Å². The number of aromatic nitrogens is 2. The fourth-order valence-corrected chi connectivity index (χ4v) is 1.38. The summed E-state index contributed by atoms with van der Waals surface area (Å²) in [6.07, 6.45) is 1.56. The van der Waals surface area contributed by atoms with E-state index in [1.54, 1.807) is 6.20 Å². The molecule has 1 aromatic carbocycles. The van der Waals surface area contributed by atoms with Crippen molar-refractivity contribution < 1.29 is 4.74 Å². The molecule has 16 heavy (non-hydrogen) atoms. The minimum absolute atomic E-state index is 0.408. The molecule has 1 aromatic heterocycles. The lowest BCUT2D eigenvalue weighted by molar-refractivity contribution is 0.400. The van der Waals surface area contributed by atoms with E-state index in [0.717, 1.165) is 5.56 Å². The third kappa shape index (κ3) is 1.95. The van der Waals surface area contributed by atoms with Gasteiger partial charge in [-0.25, -0.2) is 4.98 Å². The van der Waals surface area contributed by atoms with Crippen LogP contribution in [0.25, 0.3) is 11.4 Å². The SMILES string of the molecule is COc1nc(-c2ccc(C)cc2)ncc1N. The molecule has 1 heterocycles. The number of rotatable bonds is 2. The zero-order chi connectivity index (χ0) is 11.5. The van der Waals surface area contributed by atoms with Crippen LogP contribution in [-0.2, 0) is 0 Å². The molecule has 0 unspecified atom stereocenters. The molecule has 0 fully saturated rings. The third-order valence-corrected chi connectivity index (χ3v) is 2.28. The molecule has 0 aliphatic carbocycles. The summed E-state index contributed by atoms with van der Waals surface area (Å²) < 4.78 is 5.05. The molecule has 82 valence electrons. The van der Waals surface area contributed by atoms with Crippen molar-refractivity contribution in [2.24, 2.45) is 0 Å². The molecule has 0 saturated heterocycles. The fraction of sp³-hybridized carbons (Fsp3) is 0.167. The highest BCUT2D eigenvalue weighted by Gasteiger charge is 2.06. The maximum absolute atomic E-state index is 5.65. The standard InChI is InChI=1S/C12H13N3O/c1-8-3-5-9(6-4-8)11-14-7-10(13)12(15-11)16-2/h3-7H,13H2,1-2H3. The van der Waals surface area contributed by atoms with Crippen LogP contribution >= 0.6 is 0 Å². The van der Waals surface area contributed by atoms with Crippen molar-refractivity contribution in [1.29, 1.82) is 0 Å². The molecule has 2 rings (SSSR count). The number of nitrogen functional groups attached to an aromatic ring is 1. The van der Waals surface area contributed by atoms with Gasteiger partial charge in [-0.2, -0.15) is 4.98 Å². The fourth-order valence-electron chi connectivity index (χ4n) is 1.38. The van der Waals surface area contributed by atoms with E-state index in [4.69, 9.17) is 10.5 Å². The highest BCUT2D eigenvalue weighted by Crippen LogP contribution is 2.22. The second-order valence-corrected chi connectivity index (χ2v) is 3.52. The van der Waals surface area contributed by atoms with Gasteiger partial charge in [-0.05, 0) is 6.92 Å². The van der Waals surface area contributed by atoms with E-state index >= 15 is 0 Å². The molecule has 0 bridgehead atoms. The number of methoxy groups -OCH3 is 1. The number of nitrogens with two attached hydrogens (primary N) is 1. The summed E-state index contributed by atoms with van der Waals surface area (Å²) in [5.41, 5.74) is 8.24. The number of nitrogens with zero attached hydrogens (tertiary/aromatic N) is 2. The van der Waals surface area contributed by atoms with Gasteiger partial charge in [0.2, 0.25) is 5.88 Å². The largest absolute Gasteiger partial charge is 0.479 e. The van der Waals surface area contributed by atoms with Crippen molar-refractivity contribution in [2.75, 3.05) is 12.8 Å². The summed E-state index contributed by atoms with van der Waals surface area (Å²) >= 11 is 0. The van der Waals surface area contributed by atoms with Crippen LogP contribution in [0.15, 0.2) is 30.5 Å². The summed E-state index contributed by atoms with van der Waals surface area (Å²) in [6, 6.07) is 7.98. The van der Waals surface area contributed by atoms with Crippen LogP contribution in [-0.4, -0.2) is 17.1 Å². The van der Waals surface area contributed by atoms with Crippen LogP contribution in [0.3, 0.4) is 0 Å². The molecule has 2 aromatic rings. The molecule has 0 radical (unpaired) electrons. The van der Waals surface area contributed by atoms with Gasteiger partial charge >= 0.3 is 0 Å². The first-order valence-electron chi connectivity index (χ1n) is 4.94. The zero-order valence-electron chi connectivity index (χ0n) is 9.27. The summed E-state index contributed by atoms with van der Waals surface area (Å²) in [4.78, 5) is 8.40. The lowest BCUT2D eigenvalue weighted by Gasteiger charge is -2.05. The minimum Gasteiger partial charge on any atom is -0.479 e. The maximum Gasteiger partial charge on any atom is 0.240 e. The van der Waals surface area contributed by atoms with Crippen LogP contribution in [0.1, 0.15) is 5.56 Å². The van der Waals surface area contributed by atoms with E-state index in [-0.39, 0.29) is 0 Å². The Labute approximate surface area is 94.1 Å². The topological polar surface area (TPSA) is 61.0 Å². The summed E-state index contributed by atoms with van der Waals surface area (Å²) in [7, 11) is 1.54. The van der Waals surface area contributed by atoms with E-state index in [9.17, 15) is 0 Å². The van der Waals surface area contributed by atoms with Gasteiger partial charge < -0.3 is 10.5 Å². The van der Waals surface area contributed by atoms with Crippen molar-refractivity contribution in [3.8, 4) is 17.3 Å². The highest BCUT2D eigenvalue weighted by atomic mass is 16.5. The van der Waals surface area contributed by atoms with Gasteiger partial charge in [0.1, 0.15) is 5.69 Å². The number of anilines is 1. The lowest BCUT2D eigenvalue weighted by Crippen LogP contribution is -1.98. The van der Waals surface area contributed by atoms with Gasteiger partial charge in [-0.3, -0.25) is 0 Å². The van der Waals surface area contributed by atoms with E-state index in [1.165, 1.54) is 12.7 Å². The molecule has 0 aliphatic heterocycles. The Hall–Kier alpha value is -2.10. The van der Waals surface area contributed by atoms with E-state index in [1.807, 2.05) is 31.2 Å². The van der Waals surface area contributed by atoms with Gasteiger partial charge in [0.15, 0.2) is 5.82 Å². The summed E-state index contributed by atoms with van der Waals surface area (Å²) in [5, 5.41) is 0. The van der Waals surface area contributed by atoms with Crippen molar-refractivity contribution in [1.82, 2.24) is 9.97 Å². The smallest absolute Gasteiger partial charge is 0.240 e. The third-order valence-electron chi connectivity index (χ3n) is 2.28. The normalized spacial score (nSPS) is 10.1. The molecule has 0 spiro atoms. The van der Waals surface area contributed by atoms with E-state index in [0.29, 0.717) is 17.4 Å². The molecular weight excluding hydrogens is 202 g/mol. The Morgan fingerprint density at radius 1 is 1.19 bits per heavy atom. The van der Waals surface area contributed by atoms with Crippen LogP contribution in [0, 0.1) is 6.92 Å². The zero-order valence-corrected chi connectivity index (χ0v) is 9.27. The van der Waals surface area contributed by atoms with Gasteiger partial charge in [-0.15, -0.1) is 0 Å². The Bertz CT molecular complexity index is 494. The quantitative estimate of drug-likeness (QED) is 0.832. The number of hydrogen-bond acceptors (Lipinski definition) is 4. The molecule has 4 nitrogen and oxygen atoms in total. The number of aryl methyl sites for hydroxylation is 1. The average Bonchev–Trinajstić information content (AvgIpc) is 2.31. The molecule has 0 atom stereocenters. The predicted octanol–water partition coefficient (Wildman–Crippen LogP) is 2.04. The number of benzene rings is 1. The van der Waals surface area contributed by atoms with Crippen LogP contribution < -0.4 is 10.5 Å². The second kappa shape index (κ2) is 4.18. The Kier molecular flexibility index (Phi) is 2.72. The highest BCUT2D eigenvalue weighted by molar-refractivity contribution is 5.59. The predicted molar refractivity (Wildman–Crippen MR) is 63.2 cm³/mol. The summed E-state index contributed by atoms with van der Waals surface area (Å²) in [6.45, 7) is 2.04. The van der Waals surface area contributed by atoms with Crippen LogP contribution in [0.2, 0.25) is 0 Å². The number of ether oxygens (including phenoxy) is 1. The molecule has 0 saturated carbocycles. The Morgan fingerprint density at radius 2 is 1.88 bits per heavy atom. The summed E-state index contributed by atoms with van der Waals surface area (Å²) in [5.74, 6) is 1.02. The minimum atomic E-state index is 0.408. The maximum atomic E-state index is 5.65. The second-order valence-electron chi connectivity index (χ2n) is 3.52. The van der Waals surface area contributed by atoms with Gasteiger partial charge in [0.05, 0.1) is 13.3 Å². The van der Waals surface area contributed by atoms with Crippen molar-refractivity contribution in [3.63, 3.8) is 0 Å². The molecular formula is C12H13N3O. The molecule has 0 aliphatic rings. The first kappa shape index (κ1) is 10.4. The first-order chi connectivity index (χ1) is 7.70.